The molecule has 0 saturated carbocycles. The van der Waals surface area contributed by atoms with E-state index in [4.69, 9.17) is 51.2 Å². The molecular formula is C52H63Cl2N2O7PS2. The first-order chi connectivity index (χ1) is 32.1. The maximum Gasteiger partial charge on any atom is 0.319 e. The molecule has 9 nitrogen and oxygen atoms in total. The Kier molecular flexibility index (Phi) is 21.7. The van der Waals surface area contributed by atoms with Crippen LogP contribution >= 0.6 is 54.1 Å². The maximum atomic E-state index is 12.4. The minimum Gasteiger partial charge on any atom is -0.493 e. The van der Waals surface area contributed by atoms with Crippen LogP contribution in [-0.2, 0) is 39.5 Å². The highest BCUT2D eigenvalue weighted by molar-refractivity contribution is 7.33. The van der Waals surface area contributed by atoms with Crippen molar-refractivity contribution in [2.75, 3.05) is 39.5 Å². The molecular weight excluding hydrogens is 931 g/mol. The van der Waals surface area contributed by atoms with Crippen molar-refractivity contribution in [3.05, 3.63) is 140 Å². The van der Waals surface area contributed by atoms with E-state index in [0.29, 0.717) is 61.1 Å². The Labute approximate surface area is 410 Å². The molecule has 2 aromatic heterocycles. The number of halogens is 2. The Morgan fingerprint density at radius 2 is 0.955 bits per heavy atom. The zero-order chi connectivity index (χ0) is 46.5. The second-order valence-electron chi connectivity index (χ2n) is 16.4. The Hall–Kier alpha value is -3.87. The molecule has 2 N–H and O–H groups in total. The van der Waals surface area contributed by atoms with E-state index in [1.807, 2.05) is 52.0 Å². The van der Waals surface area contributed by atoms with Crippen LogP contribution in [-0.4, -0.2) is 51.7 Å². The molecule has 0 aliphatic heterocycles. The average molecular weight is 994 g/mol. The molecule has 0 fully saturated rings. The molecule has 6 rings (SSSR count). The highest BCUT2D eigenvalue weighted by Gasteiger charge is 2.13. The summed E-state index contributed by atoms with van der Waals surface area (Å²) in [4.78, 5) is 2.33. The summed E-state index contributed by atoms with van der Waals surface area (Å²) < 4.78 is 47.6. The van der Waals surface area contributed by atoms with E-state index in [1.165, 1.54) is 9.75 Å². The highest BCUT2D eigenvalue weighted by Crippen LogP contribution is 2.36. The van der Waals surface area contributed by atoms with E-state index >= 15 is 0 Å². The molecule has 4 aromatic carbocycles. The van der Waals surface area contributed by atoms with Gasteiger partial charge < -0.3 is 38.6 Å². The zero-order valence-electron chi connectivity index (χ0n) is 38.4. The van der Waals surface area contributed by atoms with E-state index in [-0.39, 0.29) is 12.2 Å². The maximum absolute atomic E-state index is 12.4. The Bertz CT molecular complexity index is 2220. The van der Waals surface area contributed by atoms with Crippen LogP contribution < -0.4 is 29.6 Å². The fraction of sp³-hybridized carbons (Fsp3) is 0.385. The fourth-order valence-corrected chi connectivity index (χ4v) is 9.80. The molecule has 0 unspecified atom stereocenters. The largest absolute Gasteiger partial charge is 0.493 e. The van der Waals surface area contributed by atoms with Crippen LogP contribution in [0.1, 0.15) is 75.6 Å². The Morgan fingerprint density at radius 1 is 0.530 bits per heavy atom. The van der Waals surface area contributed by atoms with Gasteiger partial charge in [-0.15, -0.1) is 22.7 Å². The topological polar surface area (TPSA) is 96.5 Å². The monoisotopic (exact) mass is 992 g/mol. The third-order valence-corrected chi connectivity index (χ3v) is 13.5. The molecule has 0 atom stereocenters. The molecule has 0 aliphatic carbocycles. The minimum absolute atomic E-state index is 0.0771. The smallest absolute Gasteiger partial charge is 0.319 e. The van der Waals surface area contributed by atoms with Gasteiger partial charge in [-0.25, -0.2) is 0 Å². The molecule has 0 radical (unpaired) electrons. The molecule has 66 heavy (non-hydrogen) atoms. The normalized spacial score (nSPS) is 11.5. The minimum atomic E-state index is -2.56. The van der Waals surface area contributed by atoms with Crippen LogP contribution in [0, 0.1) is 0 Å². The number of nitrogens with one attached hydrogen (secondary N) is 2. The summed E-state index contributed by atoms with van der Waals surface area (Å²) in [6, 6.07) is 33.0. The summed E-state index contributed by atoms with van der Waals surface area (Å²) in [7, 11) is -2.56. The van der Waals surface area contributed by atoms with Gasteiger partial charge >= 0.3 is 8.25 Å². The van der Waals surface area contributed by atoms with Crippen molar-refractivity contribution in [2.24, 2.45) is 0 Å². The summed E-state index contributed by atoms with van der Waals surface area (Å²) in [5.41, 5.74) is 6.81. The van der Waals surface area contributed by atoms with Gasteiger partial charge in [-0.05, 0) is 173 Å². The number of hydrogen-bond donors (Lipinski definition) is 2. The van der Waals surface area contributed by atoms with Gasteiger partial charge in [-0.1, -0.05) is 59.6 Å². The van der Waals surface area contributed by atoms with Gasteiger partial charge in [-0.3, -0.25) is 4.57 Å². The fourth-order valence-electron chi connectivity index (χ4n) is 7.10. The quantitative estimate of drug-likeness (QED) is 0.0338. The number of rotatable bonds is 30. The molecule has 0 aliphatic rings. The summed E-state index contributed by atoms with van der Waals surface area (Å²) in [5, 5.41) is 12.4. The van der Waals surface area contributed by atoms with E-state index < -0.39 is 8.25 Å². The van der Waals surface area contributed by atoms with Gasteiger partial charge in [0.15, 0.2) is 0 Å². The number of ether oxygens (including phenoxy) is 4. The predicted molar refractivity (Wildman–Crippen MR) is 275 cm³/mol. The van der Waals surface area contributed by atoms with Crippen LogP contribution in [0.5, 0.6) is 23.0 Å². The Balaban J connectivity index is 0.831. The summed E-state index contributed by atoms with van der Waals surface area (Å²) in [6.07, 6.45) is 5.03. The summed E-state index contributed by atoms with van der Waals surface area (Å²) in [5.74, 6) is 3.18. The van der Waals surface area contributed by atoms with Crippen LogP contribution in [0.2, 0.25) is 10.0 Å². The molecule has 354 valence electrons. The van der Waals surface area contributed by atoms with Gasteiger partial charge in [0.1, 0.15) is 23.0 Å². The van der Waals surface area contributed by atoms with Crippen LogP contribution in [0.15, 0.2) is 108 Å². The van der Waals surface area contributed by atoms with Crippen molar-refractivity contribution in [2.45, 2.75) is 91.5 Å². The SMILES string of the molecule is CC(C)Oc1ccc(CCCOc2ccc(CNCCCO[PH](=O)OCCCNCc3ccc(OCCCc4ccc(OC(C)C)c(Cl)c4)c(-c4cccs4)c3)cc2-c2cccs2)cc1Cl. The molecule has 14 heteroatoms. The van der Waals surface area contributed by atoms with Gasteiger partial charge in [0.2, 0.25) is 0 Å². The van der Waals surface area contributed by atoms with Crippen molar-refractivity contribution in [3.8, 4) is 43.9 Å². The molecule has 6 aromatic rings. The van der Waals surface area contributed by atoms with E-state index in [2.05, 4.69) is 94.2 Å². The van der Waals surface area contributed by atoms with E-state index in [0.717, 1.165) is 96.5 Å². The molecule has 0 saturated heterocycles. The van der Waals surface area contributed by atoms with Crippen LogP contribution in [0.3, 0.4) is 0 Å². The first-order valence-corrected chi connectivity index (χ1v) is 26.6. The van der Waals surface area contributed by atoms with Gasteiger partial charge in [0.05, 0.1) is 48.7 Å². The second kappa shape index (κ2) is 27.8. The molecule has 0 spiro atoms. The van der Waals surface area contributed by atoms with E-state index in [1.54, 1.807) is 22.7 Å². The van der Waals surface area contributed by atoms with Crippen molar-refractivity contribution in [3.63, 3.8) is 0 Å². The summed E-state index contributed by atoms with van der Waals surface area (Å²) >= 11 is 16.3. The van der Waals surface area contributed by atoms with Crippen molar-refractivity contribution >= 4 is 54.1 Å². The molecule has 0 bridgehead atoms. The lowest BCUT2D eigenvalue weighted by molar-refractivity contribution is 0.220. The number of aryl methyl sites for hydroxylation is 2. The summed E-state index contributed by atoms with van der Waals surface area (Å²) in [6.45, 7) is 12.7. The lowest BCUT2D eigenvalue weighted by Gasteiger charge is -2.14. The van der Waals surface area contributed by atoms with Gasteiger partial charge in [0.25, 0.3) is 0 Å². The van der Waals surface area contributed by atoms with Gasteiger partial charge in [0, 0.05) is 34.0 Å². The lowest BCUT2D eigenvalue weighted by atomic mass is 10.1. The lowest BCUT2D eigenvalue weighted by Crippen LogP contribution is -2.16. The third kappa shape index (κ3) is 17.3. The molecule has 0 amide bonds. The van der Waals surface area contributed by atoms with Crippen LogP contribution in [0.4, 0.5) is 0 Å². The van der Waals surface area contributed by atoms with Crippen molar-refractivity contribution in [1.82, 2.24) is 10.6 Å². The zero-order valence-corrected chi connectivity index (χ0v) is 42.5. The molecule has 2 heterocycles. The van der Waals surface area contributed by atoms with E-state index in [9.17, 15) is 4.57 Å². The van der Waals surface area contributed by atoms with Gasteiger partial charge in [-0.2, -0.15) is 0 Å². The standard InChI is InChI=1S/C52H63Cl2N2O7PS2/c1-37(2)62-49-21-15-39(33-45(49)53)11-5-25-58-47-19-17-41(31-43(47)51-13-7-29-65-51)35-55-23-9-27-60-64(57)61-28-10-24-56-36-42-18-20-48(44(32-42)52-14-8-30-66-52)59-26-6-12-40-16-22-50(46(54)34-40)63-38(3)4/h7-8,13-22,29-34,37-38,55-56,64H,5-6,9-12,23-28,35-36H2,1-4H3. The van der Waals surface area contributed by atoms with Crippen molar-refractivity contribution < 1.29 is 32.6 Å². The van der Waals surface area contributed by atoms with Crippen molar-refractivity contribution in [1.29, 1.82) is 0 Å². The number of thiophene rings is 2. The second-order valence-corrected chi connectivity index (χ2v) is 20.2. The average Bonchev–Trinajstić information content (AvgIpc) is 4.05. The van der Waals surface area contributed by atoms with Crippen LogP contribution in [0.25, 0.3) is 20.9 Å². The third-order valence-electron chi connectivity index (χ3n) is 10.2. The predicted octanol–water partition coefficient (Wildman–Crippen LogP) is 14.1. The highest BCUT2D eigenvalue weighted by atomic mass is 35.5. The Morgan fingerprint density at radius 3 is 1.35 bits per heavy atom. The first-order valence-electron chi connectivity index (χ1n) is 22.8. The number of benzene rings is 4. The number of hydrogen-bond acceptors (Lipinski definition) is 11. The first kappa shape index (κ1) is 51.5.